The molecule has 1 aliphatic rings. The molecule has 230 valence electrons. The molecule has 2 amide bonds. The van der Waals surface area contributed by atoms with Crippen molar-refractivity contribution in [2.75, 3.05) is 32.0 Å². The summed E-state index contributed by atoms with van der Waals surface area (Å²) >= 11 is 1.42. The highest BCUT2D eigenvalue weighted by atomic mass is 32.1. The normalized spacial score (nSPS) is 15.2. The van der Waals surface area contributed by atoms with Crippen molar-refractivity contribution in [2.24, 2.45) is 5.92 Å². The van der Waals surface area contributed by atoms with Gasteiger partial charge < -0.3 is 30.2 Å². The molecule has 2 aromatic carbocycles. The average Bonchev–Trinajstić information content (AvgIpc) is 3.11. The number of thiazole rings is 1. The van der Waals surface area contributed by atoms with Crippen molar-refractivity contribution in [3.63, 3.8) is 0 Å². The molecule has 1 aliphatic carbocycles. The van der Waals surface area contributed by atoms with Crippen molar-refractivity contribution in [3.8, 4) is 28.4 Å². The number of hydrogen-bond donors (Lipinski definition) is 3. The minimum Gasteiger partial charge on any atom is -0.493 e. The second-order valence-corrected chi connectivity index (χ2v) is 12.0. The number of hydrogen-bond acceptors (Lipinski definition) is 9. The summed E-state index contributed by atoms with van der Waals surface area (Å²) in [5.74, 6) is 0.868. The van der Waals surface area contributed by atoms with Crippen LogP contribution in [0.15, 0.2) is 29.1 Å². The SMILES string of the molecule is CC[C@@H](C)[C@H](Nc1ccc2c(cc1=O)[C@@H](NC(C)=O)CCc1cc(OC)c(OC)c(OC)c1-2)C(=O)Nc1nc(C)c(C)s1. The van der Waals surface area contributed by atoms with Crippen LogP contribution in [-0.2, 0) is 16.0 Å². The van der Waals surface area contributed by atoms with E-state index >= 15 is 0 Å². The van der Waals surface area contributed by atoms with Crippen molar-refractivity contribution < 1.29 is 23.8 Å². The molecule has 0 bridgehead atoms. The fourth-order valence-electron chi connectivity index (χ4n) is 5.41. The van der Waals surface area contributed by atoms with Crippen LogP contribution >= 0.6 is 11.3 Å². The number of methoxy groups -OCH3 is 3. The van der Waals surface area contributed by atoms with E-state index < -0.39 is 12.1 Å². The Morgan fingerprint density at radius 3 is 2.40 bits per heavy atom. The van der Waals surface area contributed by atoms with Gasteiger partial charge in [-0.2, -0.15) is 0 Å². The molecule has 0 unspecified atom stereocenters. The van der Waals surface area contributed by atoms with Crippen molar-refractivity contribution >= 4 is 34.0 Å². The maximum atomic E-state index is 13.8. The quantitative estimate of drug-likeness (QED) is 0.279. The molecule has 0 fully saturated rings. The van der Waals surface area contributed by atoms with Crippen LogP contribution in [-0.4, -0.2) is 44.2 Å². The number of anilines is 2. The molecule has 3 aromatic rings. The Balaban J connectivity index is 1.86. The van der Waals surface area contributed by atoms with E-state index in [0.717, 1.165) is 21.7 Å². The zero-order chi connectivity index (χ0) is 31.4. The summed E-state index contributed by atoms with van der Waals surface area (Å²) < 4.78 is 17.1. The van der Waals surface area contributed by atoms with Gasteiger partial charge in [-0.1, -0.05) is 26.3 Å². The summed E-state index contributed by atoms with van der Waals surface area (Å²) in [5, 5.41) is 9.70. The Morgan fingerprint density at radius 2 is 1.81 bits per heavy atom. The van der Waals surface area contributed by atoms with E-state index in [1.165, 1.54) is 18.3 Å². The zero-order valence-corrected chi connectivity index (χ0v) is 26.8. The van der Waals surface area contributed by atoms with Crippen molar-refractivity contribution in [2.45, 2.75) is 66.0 Å². The topological polar surface area (TPSA) is 128 Å². The van der Waals surface area contributed by atoms with Crippen molar-refractivity contribution in [3.05, 3.63) is 56.2 Å². The molecule has 0 saturated heterocycles. The largest absolute Gasteiger partial charge is 0.493 e. The van der Waals surface area contributed by atoms with Gasteiger partial charge in [0.05, 0.1) is 38.8 Å². The van der Waals surface area contributed by atoms with Crippen LogP contribution in [0.3, 0.4) is 0 Å². The lowest BCUT2D eigenvalue weighted by Crippen LogP contribution is -2.40. The van der Waals surface area contributed by atoms with Crippen LogP contribution in [0.4, 0.5) is 10.8 Å². The summed E-state index contributed by atoms with van der Waals surface area (Å²) in [7, 11) is 4.67. The van der Waals surface area contributed by atoms with E-state index in [4.69, 9.17) is 14.2 Å². The van der Waals surface area contributed by atoms with E-state index in [2.05, 4.69) is 20.9 Å². The molecule has 3 N–H and O–H groups in total. The van der Waals surface area contributed by atoms with E-state index in [9.17, 15) is 14.4 Å². The molecule has 0 spiro atoms. The van der Waals surface area contributed by atoms with Gasteiger partial charge in [0.1, 0.15) is 6.04 Å². The smallest absolute Gasteiger partial charge is 0.248 e. The Hall–Kier alpha value is -4.12. The number of amides is 2. The number of benzene rings is 1. The third-order valence-electron chi connectivity index (χ3n) is 7.98. The monoisotopic (exact) mass is 608 g/mol. The molecule has 10 nitrogen and oxygen atoms in total. The van der Waals surface area contributed by atoms with Gasteiger partial charge in [-0.3, -0.25) is 14.4 Å². The number of carbonyl (C=O) groups excluding carboxylic acids is 2. The number of ether oxygens (including phenoxy) is 3. The lowest BCUT2D eigenvalue weighted by Gasteiger charge is -2.23. The number of fused-ring (bicyclic) bond motifs is 3. The Bertz CT molecular complexity index is 1570. The second-order valence-electron chi connectivity index (χ2n) is 10.8. The lowest BCUT2D eigenvalue weighted by molar-refractivity contribution is -0.120. The van der Waals surface area contributed by atoms with Gasteiger partial charge in [-0.25, -0.2) is 4.98 Å². The first-order valence-electron chi connectivity index (χ1n) is 14.3. The summed E-state index contributed by atoms with van der Waals surface area (Å²) in [5.41, 5.74) is 3.89. The molecule has 0 radical (unpaired) electrons. The molecule has 1 aromatic heterocycles. The highest BCUT2D eigenvalue weighted by Crippen LogP contribution is 2.50. The summed E-state index contributed by atoms with van der Waals surface area (Å²) in [6, 6.07) is 5.86. The minimum atomic E-state index is -0.693. The molecular formula is C32H40N4O6S. The van der Waals surface area contributed by atoms with Gasteiger partial charge in [-0.05, 0) is 67.5 Å². The third-order valence-corrected chi connectivity index (χ3v) is 8.97. The molecule has 11 heteroatoms. The Labute approximate surface area is 256 Å². The van der Waals surface area contributed by atoms with Crippen LogP contribution in [0, 0.1) is 19.8 Å². The van der Waals surface area contributed by atoms with Crippen molar-refractivity contribution in [1.82, 2.24) is 10.3 Å². The number of carbonyl (C=O) groups is 2. The molecule has 3 atom stereocenters. The van der Waals surface area contributed by atoms with Gasteiger partial charge in [0, 0.05) is 17.4 Å². The van der Waals surface area contributed by atoms with Crippen molar-refractivity contribution in [1.29, 1.82) is 0 Å². The van der Waals surface area contributed by atoms with Crippen LogP contribution in [0.25, 0.3) is 11.1 Å². The number of rotatable bonds is 10. The van der Waals surface area contributed by atoms with Gasteiger partial charge >= 0.3 is 0 Å². The maximum absolute atomic E-state index is 13.8. The first-order valence-corrected chi connectivity index (χ1v) is 15.1. The fourth-order valence-corrected chi connectivity index (χ4v) is 6.22. The van der Waals surface area contributed by atoms with Gasteiger partial charge in [0.25, 0.3) is 0 Å². The van der Waals surface area contributed by atoms with E-state index in [-0.39, 0.29) is 28.8 Å². The number of nitrogens with one attached hydrogen (secondary N) is 3. The van der Waals surface area contributed by atoms with Gasteiger partial charge in [-0.15, -0.1) is 11.3 Å². The molecule has 4 rings (SSSR count). The molecule has 43 heavy (non-hydrogen) atoms. The highest BCUT2D eigenvalue weighted by molar-refractivity contribution is 7.15. The minimum absolute atomic E-state index is 0.0884. The molecular weight excluding hydrogens is 568 g/mol. The van der Waals surface area contributed by atoms with Crippen LogP contribution < -0.4 is 35.6 Å². The molecule has 1 heterocycles. The maximum Gasteiger partial charge on any atom is 0.248 e. The van der Waals surface area contributed by atoms with E-state index in [1.54, 1.807) is 33.5 Å². The van der Waals surface area contributed by atoms with Gasteiger partial charge in [0.2, 0.25) is 23.0 Å². The van der Waals surface area contributed by atoms with Crippen LogP contribution in [0.5, 0.6) is 17.2 Å². The second kappa shape index (κ2) is 13.5. The number of aromatic nitrogens is 1. The predicted octanol–water partition coefficient (Wildman–Crippen LogP) is 5.40. The summed E-state index contributed by atoms with van der Waals surface area (Å²) in [4.78, 5) is 45.0. The standard InChI is InChI=1S/C32H40N4O6S/c1-9-16(2)28(31(39)36-32-33-17(3)18(4)43-32)35-24-13-11-21-22(15-25(24)38)23(34-19(5)37)12-10-20-14-26(40-6)29(41-7)30(42-8)27(20)21/h11,13-16,23,28H,9-10,12H2,1-8H3,(H,34,37)(H,35,38)(H,33,36,39)/t16-,23+,28+/m1/s1. The zero-order valence-electron chi connectivity index (χ0n) is 26.0. The van der Waals surface area contributed by atoms with E-state index in [1.807, 2.05) is 39.8 Å². The number of nitrogens with zero attached hydrogens (tertiary/aromatic N) is 1. The third kappa shape index (κ3) is 6.61. The highest BCUT2D eigenvalue weighted by Gasteiger charge is 2.30. The summed E-state index contributed by atoms with van der Waals surface area (Å²) in [6.45, 7) is 9.28. The Kier molecular flexibility index (Phi) is 9.95. The molecule has 0 aliphatic heterocycles. The molecule has 0 saturated carbocycles. The predicted molar refractivity (Wildman–Crippen MR) is 170 cm³/mol. The van der Waals surface area contributed by atoms with Crippen LogP contribution in [0.1, 0.15) is 61.4 Å². The first kappa shape index (κ1) is 31.8. The lowest BCUT2D eigenvalue weighted by atomic mass is 9.95. The van der Waals surface area contributed by atoms with Crippen LogP contribution in [0.2, 0.25) is 0 Å². The fraction of sp³-hybridized carbons (Fsp3) is 0.438. The first-order chi connectivity index (χ1) is 20.5. The average molecular weight is 609 g/mol. The van der Waals surface area contributed by atoms with Gasteiger partial charge in [0.15, 0.2) is 16.6 Å². The Morgan fingerprint density at radius 1 is 1.09 bits per heavy atom. The van der Waals surface area contributed by atoms with E-state index in [0.29, 0.717) is 52.8 Å². The summed E-state index contributed by atoms with van der Waals surface area (Å²) in [6.07, 6.45) is 1.86. The number of aryl methyl sites for hydroxylation is 3.